The van der Waals surface area contributed by atoms with E-state index in [1.54, 1.807) is 12.1 Å². The van der Waals surface area contributed by atoms with Crippen molar-refractivity contribution in [2.45, 2.75) is 132 Å². The highest BCUT2D eigenvalue weighted by molar-refractivity contribution is 7.91. The Bertz CT molecular complexity index is 1750. The van der Waals surface area contributed by atoms with Crippen molar-refractivity contribution in [3.05, 3.63) is 46.5 Å². The number of carbonyl (C=O) groups is 5. The van der Waals surface area contributed by atoms with Gasteiger partial charge in [0.1, 0.15) is 29.8 Å². The molecule has 0 radical (unpaired) electrons. The van der Waals surface area contributed by atoms with Crippen LogP contribution in [-0.4, -0.2) is 89.8 Å². The van der Waals surface area contributed by atoms with Crippen molar-refractivity contribution in [3.63, 3.8) is 0 Å². The molecule has 0 spiro atoms. The van der Waals surface area contributed by atoms with E-state index < -0.39 is 74.8 Å². The predicted octanol–water partition coefficient (Wildman–Crippen LogP) is 3.80. The molecule has 4 fully saturated rings. The molecule has 1 saturated heterocycles. The molecule has 3 saturated carbocycles. The van der Waals surface area contributed by atoms with Gasteiger partial charge in [-0.05, 0) is 87.5 Å². The maximum absolute atomic E-state index is 14.4. The van der Waals surface area contributed by atoms with Gasteiger partial charge >= 0.3 is 12.2 Å². The third kappa shape index (κ3) is 8.04. The lowest BCUT2D eigenvalue weighted by molar-refractivity contribution is -0.141. The van der Waals surface area contributed by atoms with Crippen molar-refractivity contribution in [2.75, 3.05) is 6.54 Å². The lowest BCUT2D eigenvalue weighted by atomic mass is 10.0. The highest BCUT2D eigenvalue weighted by Crippen LogP contribution is 2.46. The standard InChI is InChI=1S/C36H46ClN5O9S/c37-25-13-12-22-19-41(20-23(22)16-25)35(47)51-27-17-30-31(43)39-36(33(45)40-52(48,49)28-14-15-28)18-24(36)8-4-2-1-3-5-11-29(32(44)42(30)21-27)38-34(46)50-26-9-6-7-10-26/h4,8,12-13,16,24,26-30H,1-3,5-7,9-11,14-15,17-21H2,(H,38,46)(H,39,43)(H,40,45)/b8-4+/t24-,27-,29+,30+,36-/m1/s1. The molecular formula is C36H46ClN5O9S. The Morgan fingerprint density at radius 1 is 0.923 bits per heavy atom. The molecule has 5 amide bonds. The van der Waals surface area contributed by atoms with Crippen LogP contribution < -0.4 is 15.4 Å². The normalized spacial score (nSPS) is 30.2. The van der Waals surface area contributed by atoms with E-state index in [4.69, 9.17) is 21.1 Å². The number of benzene rings is 1. The van der Waals surface area contributed by atoms with E-state index in [0.29, 0.717) is 50.2 Å². The summed E-state index contributed by atoms with van der Waals surface area (Å²) in [6.07, 6.45) is 9.02. The number of fused-ring (bicyclic) bond motifs is 3. The van der Waals surface area contributed by atoms with Crippen molar-refractivity contribution in [1.82, 2.24) is 25.2 Å². The minimum Gasteiger partial charge on any atom is -0.446 e. The molecule has 282 valence electrons. The molecule has 6 aliphatic rings. The van der Waals surface area contributed by atoms with Crippen LogP contribution in [0.4, 0.5) is 9.59 Å². The van der Waals surface area contributed by atoms with Gasteiger partial charge < -0.3 is 25.0 Å². The zero-order valence-electron chi connectivity index (χ0n) is 29.0. The van der Waals surface area contributed by atoms with E-state index in [0.717, 1.165) is 49.7 Å². The molecule has 3 heterocycles. The number of sulfonamides is 1. The summed E-state index contributed by atoms with van der Waals surface area (Å²) in [6, 6.07) is 3.23. The van der Waals surface area contributed by atoms with Crippen molar-refractivity contribution >= 4 is 51.5 Å². The van der Waals surface area contributed by atoms with Crippen LogP contribution in [0.1, 0.15) is 94.6 Å². The SMILES string of the molecule is O=C(N[C@H]1CCCCC/C=C/[C@@H]2C[C@@]2(C(=O)NS(=O)(=O)C2CC2)NC(=O)[C@@H]2C[C@@H](OC(=O)N3Cc4ccc(Cl)cc4C3)CN2C1=O)OC1CCCC1. The number of nitrogens with one attached hydrogen (secondary N) is 3. The van der Waals surface area contributed by atoms with Gasteiger partial charge in [-0.25, -0.2) is 18.0 Å². The third-order valence-electron chi connectivity index (χ3n) is 11.1. The molecule has 0 unspecified atom stereocenters. The molecule has 3 N–H and O–H groups in total. The summed E-state index contributed by atoms with van der Waals surface area (Å²) in [7, 11) is -3.90. The van der Waals surface area contributed by atoms with Gasteiger partial charge in [0.05, 0.1) is 11.8 Å². The van der Waals surface area contributed by atoms with Crippen molar-refractivity contribution in [1.29, 1.82) is 0 Å². The van der Waals surface area contributed by atoms with Crippen molar-refractivity contribution in [2.24, 2.45) is 5.92 Å². The summed E-state index contributed by atoms with van der Waals surface area (Å²) < 4.78 is 39.3. The topological polar surface area (TPSA) is 181 Å². The highest BCUT2D eigenvalue weighted by atomic mass is 35.5. The number of halogens is 1. The number of amides is 5. The number of hydrogen-bond acceptors (Lipinski definition) is 9. The second kappa shape index (κ2) is 14.9. The largest absolute Gasteiger partial charge is 0.446 e. The molecule has 52 heavy (non-hydrogen) atoms. The van der Waals surface area contributed by atoms with Gasteiger partial charge in [0.15, 0.2) is 0 Å². The van der Waals surface area contributed by atoms with Gasteiger partial charge in [0.2, 0.25) is 21.8 Å². The van der Waals surface area contributed by atoms with Crippen molar-refractivity contribution < 1.29 is 41.9 Å². The van der Waals surface area contributed by atoms with Gasteiger partial charge in [-0.15, -0.1) is 0 Å². The van der Waals surface area contributed by atoms with E-state index >= 15 is 0 Å². The Labute approximate surface area is 308 Å². The average Bonchev–Trinajstić information content (AvgIpc) is 3.89. The fourth-order valence-electron chi connectivity index (χ4n) is 7.89. The Morgan fingerprint density at radius 3 is 2.44 bits per heavy atom. The number of carbonyl (C=O) groups excluding carboxylic acids is 5. The second-order valence-electron chi connectivity index (χ2n) is 15.0. The predicted molar refractivity (Wildman–Crippen MR) is 188 cm³/mol. The number of nitrogens with zero attached hydrogens (tertiary/aromatic N) is 2. The van der Waals surface area contributed by atoms with Crippen LogP contribution in [0.3, 0.4) is 0 Å². The summed E-state index contributed by atoms with van der Waals surface area (Å²) in [5, 5.41) is 5.50. The maximum atomic E-state index is 14.4. The Morgan fingerprint density at radius 2 is 1.67 bits per heavy atom. The van der Waals surface area contributed by atoms with E-state index in [1.807, 2.05) is 18.2 Å². The summed E-state index contributed by atoms with van der Waals surface area (Å²) >= 11 is 6.16. The third-order valence-corrected chi connectivity index (χ3v) is 13.2. The summed E-state index contributed by atoms with van der Waals surface area (Å²) in [4.78, 5) is 71.5. The molecule has 1 aromatic carbocycles. The minimum atomic E-state index is -3.90. The molecule has 16 heteroatoms. The van der Waals surface area contributed by atoms with Gasteiger partial charge in [0.25, 0.3) is 5.91 Å². The molecule has 0 aromatic heterocycles. The van der Waals surface area contributed by atoms with Crippen LogP contribution in [0, 0.1) is 5.92 Å². The molecule has 5 atom stereocenters. The molecule has 7 rings (SSSR count). The zero-order chi connectivity index (χ0) is 36.6. The molecule has 3 aliphatic carbocycles. The first-order valence-electron chi connectivity index (χ1n) is 18.5. The molecule has 1 aromatic rings. The lowest BCUT2D eigenvalue weighted by Gasteiger charge is -2.30. The van der Waals surface area contributed by atoms with Gasteiger partial charge in [-0.3, -0.25) is 24.0 Å². The van der Waals surface area contributed by atoms with E-state index in [-0.39, 0.29) is 25.5 Å². The lowest BCUT2D eigenvalue weighted by Crippen LogP contribution is -2.58. The summed E-state index contributed by atoms with van der Waals surface area (Å²) in [6.45, 7) is 0.485. The van der Waals surface area contributed by atoms with E-state index in [1.165, 1.54) is 9.80 Å². The maximum Gasteiger partial charge on any atom is 0.410 e. The highest BCUT2D eigenvalue weighted by Gasteiger charge is 2.62. The number of rotatable bonds is 6. The first-order valence-corrected chi connectivity index (χ1v) is 20.4. The van der Waals surface area contributed by atoms with E-state index in [9.17, 15) is 32.4 Å². The van der Waals surface area contributed by atoms with Gasteiger partial charge in [-0.2, -0.15) is 0 Å². The first-order chi connectivity index (χ1) is 24.9. The van der Waals surface area contributed by atoms with Crippen LogP contribution in [-0.2, 0) is 47.0 Å². The number of ether oxygens (including phenoxy) is 2. The Kier molecular flexibility index (Phi) is 10.4. The minimum absolute atomic E-state index is 0.0618. The number of allylic oxidation sites excluding steroid dienone is 1. The second-order valence-corrected chi connectivity index (χ2v) is 17.4. The van der Waals surface area contributed by atoms with Gasteiger partial charge in [-0.1, -0.05) is 42.7 Å². The molecule has 3 aliphatic heterocycles. The van der Waals surface area contributed by atoms with Crippen molar-refractivity contribution in [3.8, 4) is 0 Å². The fraction of sp³-hybridized carbons (Fsp3) is 0.639. The van der Waals surface area contributed by atoms with Crippen LogP contribution in [0.2, 0.25) is 5.02 Å². The Balaban J connectivity index is 1.12. The molecule has 14 nitrogen and oxygen atoms in total. The van der Waals surface area contributed by atoms with Crippen LogP contribution in [0.15, 0.2) is 30.4 Å². The average molecular weight is 760 g/mol. The number of hydrogen-bond donors (Lipinski definition) is 3. The summed E-state index contributed by atoms with van der Waals surface area (Å²) in [5.41, 5.74) is 0.315. The zero-order valence-corrected chi connectivity index (χ0v) is 30.6. The molecular weight excluding hydrogens is 714 g/mol. The molecule has 0 bridgehead atoms. The van der Waals surface area contributed by atoms with Gasteiger partial charge in [0, 0.05) is 30.5 Å². The monoisotopic (exact) mass is 759 g/mol. The smallest absolute Gasteiger partial charge is 0.410 e. The van der Waals surface area contributed by atoms with E-state index in [2.05, 4.69) is 15.4 Å². The fourth-order valence-corrected chi connectivity index (χ4v) is 9.45. The van der Waals surface area contributed by atoms with Crippen LogP contribution >= 0.6 is 11.6 Å². The summed E-state index contributed by atoms with van der Waals surface area (Å²) in [5.74, 6) is -2.46. The van der Waals surface area contributed by atoms with Crippen LogP contribution in [0.5, 0.6) is 0 Å². The Hall–Kier alpha value is -3.85. The number of alkyl carbamates (subject to hydrolysis) is 1. The first kappa shape index (κ1) is 36.5. The van der Waals surface area contributed by atoms with Crippen LogP contribution in [0.25, 0.3) is 0 Å². The quantitative estimate of drug-likeness (QED) is 0.364.